The first kappa shape index (κ1) is 20.1. The van der Waals surface area contributed by atoms with Gasteiger partial charge in [-0.3, -0.25) is 10.2 Å². The van der Waals surface area contributed by atoms with Gasteiger partial charge in [-0.2, -0.15) is 0 Å². The SMILES string of the molecule is Cc1ccc(OCC(=O)NN(C(N)=S)c2ccc(C(C)C)cc2)c2c1CCC2. The molecular weight excluding hydrogens is 370 g/mol. The van der Waals surface area contributed by atoms with Crippen LogP contribution in [0.3, 0.4) is 0 Å². The minimum atomic E-state index is -0.312. The summed E-state index contributed by atoms with van der Waals surface area (Å²) in [5.41, 5.74) is 14.3. The molecule has 3 rings (SSSR count). The van der Waals surface area contributed by atoms with Gasteiger partial charge < -0.3 is 10.5 Å². The summed E-state index contributed by atoms with van der Waals surface area (Å²) in [5, 5.41) is 1.48. The number of amides is 1. The second-order valence-electron chi connectivity index (χ2n) is 7.43. The van der Waals surface area contributed by atoms with Gasteiger partial charge in [0.05, 0.1) is 5.69 Å². The van der Waals surface area contributed by atoms with E-state index in [-0.39, 0.29) is 17.6 Å². The molecule has 0 bridgehead atoms. The lowest BCUT2D eigenvalue weighted by Gasteiger charge is -2.24. The summed E-state index contributed by atoms with van der Waals surface area (Å²) >= 11 is 5.11. The zero-order valence-corrected chi connectivity index (χ0v) is 17.4. The van der Waals surface area contributed by atoms with E-state index >= 15 is 0 Å². The molecule has 0 spiro atoms. The second kappa shape index (κ2) is 8.61. The molecule has 1 amide bonds. The van der Waals surface area contributed by atoms with Crippen LogP contribution in [-0.4, -0.2) is 17.6 Å². The molecule has 0 heterocycles. The molecule has 0 unspecified atom stereocenters. The van der Waals surface area contributed by atoms with Crippen LogP contribution in [0, 0.1) is 6.92 Å². The lowest BCUT2D eigenvalue weighted by molar-refractivity contribution is -0.123. The number of fused-ring (bicyclic) bond motifs is 1. The summed E-state index contributed by atoms with van der Waals surface area (Å²) in [6, 6.07) is 11.8. The zero-order valence-electron chi connectivity index (χ0n) is 16.6. The normalized spacial score (nSPS) is 12.6. The zero-order chi connectivity index (χ0) is 20.3. The largest absolute Gasteiger partial charge is 0.483 e. The van der Waals surface area contributed by atoms with Crippen molar-refractivity contribution in [2.45, 2.75) is 46.0 Å². The minimum Gasteiger partial charge on any atom is -0.483 e. The third kappa shape index (κ3) is 4.44. The number of hydrogen-bond acceptors (Lipinski definition) is 3. The first-order valence-electron chi connectivity index (χ1n) is 9.60. The molecule has 6 heteroatoms. The van der Waals surface area contributed by atoms with E-state index in [9.17, 15) is 4.79 Å². The molecule has 0 radical (unpaired) electrons. The van der Waals surface area contributed by atoms with Gasteiger partial charge in [0.1, 0.15) is 5.75 Å². The van der Waals surface area contributed by atoms with Crippen molar-refractivity contribution in [2.75, 3.05) is 11.6 Å². The van der Waals surface area contributed by atoms with E-state index in [2.05, 4.69) is 32.3 Å². The predicted octanol–water partition coefficient (Wildman–Crippen LogP) is 3.77. The van der Waals surface area contributed by atoms with Crippen LogP contribution in [0.5, 0.6) is 5.75 Å². The maximum Gasteiger partial charge on any atom is 0.276 e. The summed E-state index contributed by atoms with van der Waals surface area (Å²) in [5.74, 6) is 0.899. The lowest BCUT2D eigenvalue weighted by Crippen LogP contribution is -2.50. The van der Waals surface area contributed by atoms with E-state index in [0.717, 1.165) is 25.0 Å². The second-order valence-corrected chi connectivity index (χ2v) is 7.85. The monoisotopic (exact) mass is 397 g/mol. The topological polar surface area (TPSA) is 67.6 Å². The maximum absolute atomic E-state index is 12.5. The van der Waals surface area contributed by atoms with Crippen molar-refractivity contribution in [2.24, 2.45) is 5.73 Å². The van der Waals surface area contributed by atoms with Crippen molar-refractivity contribution in [3.8, 4) is 5.75 Å². The maximum atomic E-state index is 12.5. The van der Waals surface area contributed by atoms with Crippen molar-refractivity contribution in [3.05, 3.63) is 58.7 Å². The molecule has 0 saturated heterocycles. The molecule has 2 aromatic carbocycles. The van der Waals surface area contributed by atoms with Gasteiger partial charge in [-0.25, -0.2) is 5.01 Å². The number of rotatable bonds is 5. The summed E-state index contributed by atoms with van der Waals surface area (Å²) in [6.07, 6.45) is 3.20. The molecule has 2 aromatic rings. The Bertz CT molecular complexity index is 878. The van der Waals surface area contributed by atoms with Crippen LogP contribution in [0.25, 0.3) is 0 Å². The number of anilines is 1. The highest BCUT2D eigenvalue weighted by Crippen LogP contribution is 2.32. The average molecular weight is 398 g/mol. The number of nitrogens with one attached hydrogen (secondary N) is 1. The van der Waals surface area contributed by atoms with E-state index in [1.165, 1.54) is 27.3 Å². The molecule has 3 N–H and O–H groups in total. The van der Waals surface area contributed by atoms with Gasteiger partial charge in [0.2, 0.25) is 0 Å². The van der Waals surface area contributed by atoms with Crippen molar-refractivity contribution in [3.63, 3.8) is 0 Å². The van der Waals surface area contributed by atoms with Crippen molar-refractivity contribution in [1.82, 2.24) is 5.43 Å². The number of ether oxygens (including phenoxy) is 1. The molecule has 0 atom stereocenters. The summed E-state index contributed by atoms with van der Waals surface area (Å²) in [4.78, 5) is 12.5. The molecule has 1 aliphatic rings. The molecule has 0 aliphatic heterocycles. The van der Waals surface area contributed by atoms with Gasteiger partial charge >= 0.3 is 0 Å². The van der Waals surface area contributed by atoms with E-state index < -0.39 is 0 Å². The van der Waals surface area contributed by atoms with Crippen LogP contribution in [0.15, 0.2) is 36.4 Å². The van der Waals surface area contributed by atoms with E-state index in [1.807, 2.05) is 30.3 Å². The highest BCUT2D eigenvalue weighted by Gasteiger charge is 2.19. The summed E-state index contributed by atoms with van der Waals surface area (Å²) in [6.45, 7) is 6.27. The van der Waals surface area contributed by atoms with Gasteiger partial charge in [-0.1, -0.05) is 32.0 Å². The van der Waals surface area contributed by atoms with Gasteiger partial charge in [0, 0.05) is 0 Å². The standard InChI is InChI=1S/C22H27N3O2S/c1-14(2)16-8-10-17(11-9-16)25(22(23)28)24-21(26)13-27-20-12-7-15(3)18-5-4-6-19(18)20/h7-12,14H,4-6,13H2,1-3H3,(H2,23,28)(H,24,26). The van der Waals surface area contributed by atoms with E-state index in [4.69, 9.17) is 22.7 Å². The Hall–Kier alpha value is -2.60. The first-order chi connectivity index (χ1) is 13.4. The lowest BCUT2D eigenvalue weighted by atomic mass is 10.0. The molecule has 28 heavy (non-hydrogen) atoms. The van der Waals surface area contributed by atoms with Gasteiger partial charge in [0.25, 0.3) is 5.91 Å². The van der Waals surface area contributed by atoms with Gasteiger partial charge in [-0.15, -0.1) is 0 Å². The third-order valence-electron chi connectivity index (χ3n) is 5.11. The average Bonchev–Trinajstić information content (AvgIpc) is 3.16. The van der Waals surface area contributed by atoms with Crippen molar-refractivity contribution < 1.29 is 9.53 Å². The Labute approximate surface area is 171 Å². The number of hydrogen-bond donors (Lipinski definition) is 2. The number of aryl methyl sites for hydroxylation is 1. The highest BCUT2D eigenvalue weighted by molar-refractivity contribution is 7.80. The fourth-order valence-corrected chi connectivity index (χ4v) is 3.69. The van der Waals surface area contributed by atoms with E-state index in [1.54, 1.807) is 0 Å². The van der Waals surface area contributed by atoms with Crippen LogP contribution >= 0.6 is 12.2 Å². The van der Waals surface area contributed by atoms with Crippen molar-refractivity contribution in [1.29, 1.82) is 0 Å². The quantitative estimate of drug-likeness (QED) is 0.594. The number of carbonyl (C=O) groups is 1. The number of hydrazine groups is 1. The Kier molecular flexibility index (Phi) is 6.19. The fraction of sp³-hybridized carbons (Fsp3) is 0.364. The summed E-state index contributed by atoms with van der Waals surface area (Å²) < 4.78 is 5.81. The van der Waals surface area contributed by atoms with Gasteiger partial charge in [-0.05, 0) is 84.8 Å². The van der Waals surface area contributed by atoms with Crippen molar-refractivity contribution >= 4 is 28.9 Å². The Morgan fingerprint density at radius 3 is 2.50 bits per heavy atom. The van der Waals surface area contributed by atoms with Crippen LogP contribution < -0.4 is 20.9 Å². The third-order valence-corrected chi connectivity index (χ3v) is 5.29. The summed E-state index contributed by atoms with van der Waals surface area (Å²) in [7, 11) is 0. The highest BCUT2D eigenvalue weighted by atomic mass is 32.1. The molecule has 0 fully saturated rings. The molecule has 148 valence electrons. The van der Waals surface area contributed by atoms with Crippen LogP contribution in [-0.2, 0) is 17.6 Å². The Balaban J connectivity index is 1.65. The predicted molar refractivity (Wildman–Crippen MR) is 117 cm³/mol. The number of carbonyl (C=O) groups excluding carboxylic acids is 1. The van der Waals surface area contributed by atoms with E-state index in [0.29, 0.717) is 11.6 Å². The number of benzene rings is 2. The molecule has 0 aromatic heterocycles. The molecular formula is C22H27N3O2S. The molecule has 0 saturated carbocycles. The Morgan fingerprint density at radius 2 is 1.86 bits per heavy atom. The number of thiocarbonyl (C=S) groups is 1. The first-order valence-corrected chi connectivity index (χ1v) is 10.0. The minimum absolute atomic E-state index is 0.0712. The van der Waals surface area contributed by atoms with Gasteiger partial charge in [0.15, 0.2) is 11.7 Å². The van der Waals surface area contributed by atoms with Crippen LogP contribution in [0.1, 0.15) is 48.4 Å². The number of nitrogens with zero attached hydrogens (tertiary/aromatic N) is 1. The van der Waals surface area contributed by atoms with Crippen LogP contribution in [0.2, 0.25) is 0 Å². The number of nitrogens with two attached hydrogens (primary N) is 1. The Morgan fingerprint density at radius 1 is 1.18 bits per heavy atom. The van der Waals surface area contributed by atoms with Crippen LogP contribution in [0.4, 0.5) is 5.69 Å². The molecule has 1 aliphatic carbocycles. The fourth-order valence-electron chi connectivity index (χ4n) is 3.54. The smallest absolute Gasteiger partial charge is 0.276 e. The molecule has 5 nitrogen and oxygen atoms in total.